The van der Waals surface area contributed by atoms with Crippen LogP contribution >= 0.6 is 0 Å². The number of rotatable bonds is 36. The van der Waals surface area contributed by atoms with E-state index in [4.69, 9.17) is 24.7 Å². The summed E-state index contributed by atoms with van der Waals surface area (Å²) in [7, 11) is 0. The fraction of sp³-hybridized carbons (Fsp3) is 0.711. The zero-order chi connectivity index (χ0) is 43.0. The number of aliphatic hydroxyl groups excluding tert-OH is 1. The van der Waals surface area contributed by atoms with Gasteiger partial charge in [-0.05, 0) is 63.0 Å². The lowest BCUT2D eigenvalue weighted by Crippen LogP contribution is -3.43. The summed E-state index contributed by atoms with van der Waals surface area (Å²) in [5.74, 6) is -3.51. The first-order chi connectivity index (χ1) is 27.9. The van der Waals surface area contributed by atoms with Crippen molar-refractivity contribution in [2.75, 3.05) is 72.5 Å². The van der Waals surface area contributed by atoms with Gasteiger partial charge in [0.25, 0.3) is 0 Å². The number of ether oxygens (including phenoxy) is 4. The molecule has 0 spiro atoms. The summed E-state index contributed by atoms with van der Waals surface area (Å²) < 4.78 is 24.3. The second-order valence-electron chi connectivity index (χ2n) is 13.6. The number of amides is 5. The van der Waals surface area contributed by atoms with Gasteiger partial charge in [0.05, 0.1) is 39.6 Å². The van der Waals surface area contributed by atoms with Gasteiger partial charge in [0, 0.05) is 50.9 Å². The number of aliphatic hydroxyl groups is 1. The number of carbonyl (C=O) groups is 7. The van der Waals surface area contributed by atoms with E-state index in [1.165, 1.54) is 0 Å². The number of nitrogens with two attached hydrogens (primary N) is 1. The number of allylic oxidation sites excluding steroid dienone is 3. The third-order valence-corrected chi connectivity index (χ3v) is 9.52. The summed E-state index contributed by atoms with van der Waals surface area (Å²) in [4.78, 5) is 84.0. The first kappa shape index (κ1) is 52.3. The molecule has 0 heterocycles. The fourth-order valence-corrected chi connectivity index (χ4v) is 6.14. The summed E-state index contributed by atoms with van der Waals surface area (Å²) in [6.45, 7) is 3.69. The summed E-state index contributed by atoms with van der Waals surface area (Å²) in [5, 5.41) is 29.2. The average molecular weight is 939 g/mol. The smallest absolute Gasteiger partial charge is 0.326 e. The zero-order valence-corrected chi connectivity index (χ0v) is 35.6. The van der Waals surface area contributed by atoms with E-state index in [-0.39, 0.29) is 133 Å². The number of Topliss-reactive ketones (excluding diaryl/α,β-unsaturated/α-hetero) is 1. The fourth-order valence-electron chi connectivity index (χ4n) is 5.48. The molecule has 0 saturated carbocycles. The van der Waals surface area contributed by atoms with Gasteiger partial charge in [0.2, 0.25) is 29.5 Å². The summed E-state index contributed by atoms with van der Waals surface area (Å²) in [6, 6.07) is -1.57. The Kier molecular flexibility index (Phi) is 29.9. The van der Waals surface area contributed by atoms with E-state index in [0.717, 1.165) is 6.42 Å². The number of primary amides is 1. The largest absolute Gasteiger partial charge is 0.702 e. The van der Waals surface area contributed by atoms with Gasteiger partial charge in [-0.25, -0.2) is 4.79 Å². The van der Waals surface area contributed by atoms with Crippen LogP contribution in [0, 0.1) is 11.8 Å². The van der Waals surface area contributed by atoms with Crippen LogP contribution in [0.25, 0.3) is 0 Å². The maximum Gasteiger partial charge on any atom is 0.326 e. The molecule has 0 aromatic carbocycles. The van der Waals surface area contributed by atoms with Gasteiger partial charge in [-0.3, -0.25) is 28.8 Å². The van der Waals surface area contributed by atoms with Crippen molar-refractivity contribution in [1.82, 2.24) is 24.8 Å². The summed E-state index contributed by atoms with van der Waals surface area (Å²) >= 11 is 1.93. The molecular weight excluding hydrogens is 875 g/mol. The molecule has 0 fully saturated rings. The van der Waals surface area contributed by atoms with Crippen LogP contribution in [0.5, 0.6) is 0 Å². The van der Waals surface area contributed by atoms with Crippen LogP contribution in [0.1, 0.15) is 77.6 Å². The molecule has 5 amide bonds. The quantitative estimate of drug-likeness (QED) is 0.0177. The Hall–Kier alpha value is -3.70. The minimum Gasteiger partial charge on any atom is -0.702 e. The van der Waals surface area contributed by atoms with Crippen molar-refractivity contribution in [3.05, 3.63) is 24.0 Å². The highest BCUT2D eigenvalue weighted by atomic mass is 127. The lowest BCUT2D eigenvalue weighted by Gasteiger charge is -2.25. The molecule has 331 valence electrons. The van der Waals surface area contributed by atoms with E-state index >= 15 is 0 Å². The molecular formula is C38H63IN6O13-. The first-order valence-electron chi connectivity index (χ1n) is 19.7. The van der Waals surface area contributed by atoms with E-state index in [1.807, 2.05) is 35.9 Å². The highest BCUT2D eigenvalue weighted by Crippen LogP contribution is 2.25. The van der Waals surface area contributed by atoms with Crippen LogP contribution in [0.15, 0.2) is 24.0 Å². The van der Waals surface area contributed by atoms with Crippen molar-refractivity contribution in [2.24, 2.45) is 17.6 Å². The zero-order valence-electron chi connectivity index (χ0n) is 33.4. The third-order valence-electron chi connectivity index (χ3n) is 8.77. The molecule has 1 radical (unpaired) electrons. The number of hydrogen-bond donors (Lipinski definition) is 8. The molecule has 1 rings (SSSR count). The van der Waals surface area contributed by atoms with Crippen molar-refractivity contribution in [3.8, 4) is 0 Å². The lowest BCUT2D eigenvalue weighted by molar-refractivity contribution is -0.449. The second kappa shape index (κ2) is 33.2. The Bertz CT molecular complexity index is 1340. The van der Waals surface area contributed by atoms with Crippen LogP contribution in [-0.4, -0.2) is 136 Å². The number of carboxylic acid groups (broad SMARTS) is 1. The monoisotopic (exact) mass is 938 g/mol. The highest BCUT2D eigenvalue weighted by molar-refractivity contribution is 5.89. The van der Waals surface area contributed by atoms with Gasteiger partial charge in [-0.2, -0.15) is 0 Å². The maximum atomic E-state index is 12.9. The number of nitrogens with one attached hydrogen (secondary N) is 5. The van der Waals surface area contributed by atoms with Crippen molar-refractivity contribution < 1.29 is 85.6 Å². The van der Waals surface area contributed by atoms with Gasteiger partial charge in [-0.1, -0.05) is 19.4 Å². The molecule has 0 saturated heterocycles. The third kappa shape index (κ3) is 27.1. The molecule has 0 bridgehead atoms. The van der Waals surface area contributed by atoms with Crippen LogP contribution in [-0.2, 0) is 52.5 Å². The topological polar surface area (TPSA) is 283 Å². The average Bonchev–Trinajstić information content (AvgIpc) is 3.19. The number of aliphatic carboxylic acids is 1. The van der Waals surface area contributed by atoms with Crippen LogP contribution in [0.2, 0.25) is 0 Å². The van der Waals surface area contributed by atoms with Crippen LogP contribution in [0.4, 0.5) is 0 Å². The number of ketones is 1. The van der Waals surface area contributed by atoms with E-state index < -0.39 is 29.9 Å². The normalized spacial score (nSPS) is 15.1. The van der Waals surface area contributed by atoms with E-state index in [9.17, 15) is 43.8 Å². The SMILES string of the molecule is CCCCC(=O)NC(CCC(=O)NCCOCCOCC(=O)NCCOCCOCC(=O)NCCCC[C@H](N[I-])C(=O)C[C@@H](CC1C=CC(O)=CC1)C(N)=O)C(=O)O. The van der Waals surface area contributed by atoms with Gasteiger partial charge in [-0.15, -0.1) is 0 Å². The van der Waals surface area contributed by atoms with Crippen molar-refractivity contribution in [2.45, 2.75) is 89.6 Å². The van der Waals surface area contributed by atoms with Crippen molar-refractivity contribution >= 4 is 41.3 Å². The number of carboxylic acids is 1. The van der Waals surface area contributed by atoms with Crippen LogP contribution in [0.3, 0.4) is 0 Å². The van der Waals surface area contributed by atoms with Gasteiger partial charge >= 0.3 is 5.97 Å². The standard InChI is InChI=1S/C38H63IN6O13/c1-2-3-7-34(49)44-31(38(53)54)12-13-33(48)42-15-17-55-19-22-58-26-36(51)43-16-18-56-20-21-57-25-35(50)41-14-5-4-6-30(45-39)32(47)24-28(37(40)52)23-27-8-10-29(46)11-9-27/h8,10-11,27-28,30-31,45-46H,2-7,9,12-26H2,1H3,(H2,40,52)(H,41,50)(H,42,48)(H,43,51)(H,44,49)(H,53,54)/q-1/t27?,28-,30+,31?/m1/s1. The first-order valence-corrected chi connectivity index (χ1v) is 20.8. The Morgan fingerprint density at radius 1 is 0.776 bits per heavy atom. The molecule has 4 atom stereocenters. The highest BCUT2D eigenvalue weighted by Gasteiger charge is 2.26. The number of halogens is 1. The number of hydrogen-bond acceptors (Lipinski definition) is 13. The minimum absolute atomic E-state index is 0.0247. The molecule has 0 aromatic rings. The molecule has 0 aromatic heterocycles. The van der Waals surface area contributed by atoms with Crippen molar-refractivity contribution in [1.29, 1.82) is 0 Å². The maximum absolute atomic E-state index is 12.9. The Morgan fingerprint density at radius 3 is 1.93 bits per heavy atom. The molecule has 19 nitrogen and oxygen atoms in total. The Morgan fingerprint density at radius 2 is 1.38 bits per heavy atom. The number of unbranched alkanes of at least 4 members (excludes halogenated alkanes) is 2. The van der Waals surface area contributed by atoms with Gasteiger partial charge in [0.1, 0.15) is 30.8 Å². The molecule has 2 unspecified atom stereocenters. The van der Waals surface area contributed by atoms with E-state index in [1.54, 1.807) is 12.2 Å². The second-order valence-corrected chi connectivity index (χ2v) is 14.2. The number of carbonyl (C=O) groups excluding carboxylic acids is 6. The molecule has 1 aliphatic carbocycles. The predicted molar refractivity (Wildman–Crippen MR) is 206 cm³/mol. The molecule has 9 N–H and O–H groups in total. The summed E-state index contributed by atoms with van der Waals surface area (Å²) in [6.07, 6.45) is 9.63. The van der Waals surface area contributed by atoms with Gasteiger partial charge < -0.3 is 82.6 Å². The van der Waals surface area contributed by atoms with Crippen molar-refractivity contribution in [3.63, 3.8) is 0 Å². The molecule has 1 aliphatic rings. The molecule has 58 heavy (non-hydrogen) atoms. The molecule has 0 aliphatic heterocycles. The predicted octanol–water partition coefficient (Wildman–Crippen LogP) is -2.99. The Labute approximate surface area is 354 Å². The summed E-state index contributed by atoms with van der Waals surface area (Å²) in [5.41, 5.74) is 5.58. The minimum atomic E-state index is -1.19. The van der Waals surface area contributed by atoms with E-state index in [2.05, 4.69) is 24.8 Å². The van der Waals surface area contributed by atoms with E-state index in [0.29, 0.717) is 45.1 Å². The lowest BCUT2D eigenvalue weighted by atomic mass is 9.85. The molecule has 20 heteroatoms. The van der Waals surface area contributed by atoms with Gasteiger partial charge in [0.15, 0.2) is 0 Å². The van der Waals surface area contributed by atoms with Crippen LogP contribution < -0.4 is 53.4 Å². The Balaban J connectivity index is 1.99.